The summed E-state index contributed by atoms with van der Waals surface area (Å²) in [6.07, 6.45) is 1.52. The molecule has 0 bridgehead atoms. The zero-order valence-electron chi connectivity index (χ0n) is 9.93. The normalized spacial score (nSPS) is 10.7. The Bertz CT molecular complexity index is 608. The zero-order chi connectivity index (χ0) is 14.0. The van der Waals surface area contributed by atoms with Crippen molar-refractivity contribution in [1.29, 1.82) is 0 Å². The molecule has 0 aliphatic heterocycles. The lowest BCUT2D eigenvalue weighted by molar-refractivity contribution is -0.133. The van der Waals surface area contributed by atoms with Crippen LogP contribution in [0.15, 0.2) is 29.6 Å². The Balaban J connectivity index is 2.43. The molecule has 0 saturated carbocycles. The fraction of sp³-hybridized carbons (Fsp3) is 0.167. The van der Waals surface area contributed by atoms with Crippen LogP contribution in [0.25, 0.3) is 5.69 Å². The van der Waals surface area contributed by atoms with E-state index in [2.05, 4.69) is 4.98 Å². The Hall–Kier alpha value is -1.89. The Morgan fingerprint density at radius 3 is 2.58 bits per heavy atom. The smallest absolute Gasteiger partial charge is 0.313 e. The van der Waals surface area contributed by atoms with Crippen LogP contribution in [-0.2, 0) is 4.79 Å². The number of halogens is 2. The number of nitrogens with zero attached hydrogens (tertiary/aromatic N) is 2. The van der Waals surface area contributed by atoms with Gasteiger partial charge < -0.3 is 5.11 Å². The van der Waals surface area contributed by atoms with Crippen molar-refractivity contribution in [3.05, 3.63) is 41.7 Å². The summed E-state index contributed by atoms with van der Waals surface area (Å²) in [5.74, 6) is -2.55. The average molecular weight is 284 g/mol. The number of rotatable bonds is 4. The number of hydrogen-bond donors (Lipinski definition) is 1. The van der Waals surface area contributed by atoms with E-state index in [9.17, 15) is 13.6 Å². The molecule has 0 unspecified atom stereocenters. The van der Waals surface area contributed by atoms with Crippen LogP contribution in [0.5, 0.6) is 0 Å². The van der Waals surface area contributed by atoms with E-state index >= 15 is 0 Å². The molecule has 1 heterocycles. The molecular weight excluding hydrogens is 274 g/mol. The number of carboxylic acids is 1. The third-order valence-electron chi connectivity index (χ3n) is 2.34. The highest BCUT2D eigenvalue weighted by Crippen LogP contribution is 2.24. The maximum absolute atomic E-state index is 13.2. The number of hydrogen-bond acceptors (Lipinski definition) is 3. The predicted octanol–water partition coefficient (Wildman–Crippen LogP) is 2.64. The highest BCUT2D eigenvalue weighted by molar-refractivity contribution is 7.99. The van der Waals surface area contributed by atoms with Crippen LogP contribution in [0.1, 0.15) is 5.69 Å². The molecule has 19 heavy (non-hydrogen) atoms. The van der Waals surface area contributed by atoms with Crippen LogP contribution in [-0.4, -0.2) is 26.4 Å². The number of aromatic nitrogens is 2. The molecule has 100 valence electrons. The van der Waals surface area contributed by atoms with Crippen molar-refractivity contribution in [2.75, 3.05) is 5.75 Å². The minimum Gasteiger partial charge on any atom is -0.481 e. The molecule has 1 aromatic heterocycles. The van der Waals surface area contributed by atoms with E-state index in [1.165, 1.54) is 22.9 Å². The van der Waals surface area contributed by atoms with E-state index in [1.807, 2.05) is 0 Å². The van der Waals surface area contributed by atoms with Crippen molar-refractivity contribution in [2.45, 2.75) is 12.1 Å². The van der Waals surface area contributed by atoms with Crippen LogP contribution in [0, 0.1) is 18.6 Å². The maximum Gasteiger partial charge on any atom is 0.313 e. The topological polar surface area (TPSA) is 55.1 Å². The van der Waals surface area contributed by atoms with E-state index in [0.717, 1.165) is 17.8 Å². The second kappa shape index (κ2) is 5.40. The Labute approximate surface area is 112 Å². The highest BCUT2D eigenvalue weighted by Gasteiger charge is 2.13. The van der Waals surface area contributed by atoms with Crippen molar-refractivity contribution >= 4 is 17.7 Å². The van der Waals surface area contributed by atoms with Gasteiger partial charge in [0.25, 0.3) is 0 Å². The first kappa shape index (κ1) is 13.5. The highest BCUT2D eigenvalue weighted by atomic mass is 32.2. The van der Waals surface area contributed by atoms with Gasteiger partial charge in [0, 0.05) is 18.0 Å². The Kier molecular flexibility index (Phi) is 3.84. The molecule has 0 amide bonds. The summed E-state index contributed by atoms with van der Waals surface area (Å²) in [5.41, 5.74) is 0.943. The number of imidazole rings is 1. The molecule has 2 aromatic rings. The second-order valence-corrected chi connectivity index (χ2v) is 4.77. The van der Waals surface area contributed by atoms with Gasteiger partial charge in [-0.05, 0) is 19.1 Å². The van der Waals surface area contributed by atoms with Crippen molar-refractivity contribution in [1.82, 2.24) is 9.55 Å². The summed E-state index contributed by atoms with van der Waals surface area (Å²) in [5, 5.41) is 9.03. The van der Waals surface area contributed by atoms with Crippen LogP contribution in [0.3, 0.4) is 0 Å². The first-order valence-corrected chi connectivity index (χ1v) is 6.31. The summed E-state index contributed by atoms with van der Waals surface area (Å²) in [4.78, 5) is 14.6. The molecule has 0 aliphatic rings. The third-order valence-corrected chi connectivity index (χ3v) is 3.27. The van der Waals surface area contributed by atoms with Gasteiger partial charge in [0.05, 0.1) is 11.4 Å². The van der Waals surface area contributed by atoms with E-state index in [4.69, 9.17) is 5.11 Å². The van der Waals surface area contributed by atoms with Crippen LogP contribution < -0.4 is 0 Å². The van der Waals surface area contributed by atoms with Gasteiger partial charge in [0.15, 0.2) is 5.16 Å². The minimum atomic E-state index is -0.984. The van der Waals surface area contributed by atoms with Gasteiger partial charge in [-0.2, -0.15) is 0 Å². The second-order valence-electron chi connectivity index (χ2n) is 3.83. The van der Waals surface area contributed by atoms with Gasteiger partial charge in [0.2, 0.25) is 0 Å². The van der Waals surface area contributed by atoms with Crippen LogP contribution >= 0.6 is 11.8 Å². The zero-order valence-corrected chi connectivity index (χ0v) is 10.7. The molecule has 0 radical (unpaired) electrons. The first-order valence-electron chi connectivity index (χ1n) is 5.33. The number of carboxylic acid groups (broad SMARTS) is 1. The fourth-order valence-corrected chi connectivity index (χ4v) is 2.38. The van der Waals surface area contributed by atoms with Crippen LogP contribution in [0.2, 0.25) is 0 Å². The molecule has 2 rings (SSSR count). The summed E-state index contributed by atoms with van der Waals surface area (Å²) in [6, 6.07) is 3.12. The molecule has 0 atom stereocenters. The summed E-state index contributed by atoms with van der Waals surface area (Å²) < 4.78 is 28.0. The van der Waals surface area contributed by atoms with Crippen molar-refractivity contribution < 1.29 is 18.7 Å². The monoisotopic (exact) mass is 284 g/mol. The molecule has 0 aliphatic carbocycles. The maximum atomic E-state index is 13.2. The molecular formula is C12H10F2N2O2S. The van der Waals surface area contributed by atoms with Gasteiger partial charge in [-0.15, -0.1) is 0 Å². The van der Waals surface area contributed by atoms with Crippen molar-refractivity contribution in [2.24, 2.45) is 0 Å². The van der Waals surface area contributed by atoms with Crippen molar-refractivity contribution in [3.8, 4) is 5.69 Å². The SMILES string of the molecule is Cc1cnc(SCC(=O)O)n1-c1cc(F)cc(F)c1. The molecule has 1 aromatic carbocycles. The lowest BCUT2D eigenvalue weighted by Gasteiger charge is -2.09. The summed E-state index contributed by atoms with van der Waals surface area (Å²) >= 11 is 0.990. The van der Waals surface area contributed by atoms with Gasteiger partial charge in [-0.1, -0.05) is 11.8 Å². The van der Waals surface area contributed by atoms with Crippen molar-refractivity contribution in [3.63, 3.8) is 0 Å². The third kappa shape index (κ3) is 3.11. The predicted molar refractivity (Wildman–Crippen MR) is 66.6 cm³/mol. The Morgan fingerprint density at radius 1 is 1.37 bits per heavy atom. The lowest BCUT2D eigenvalue weighted by atomic mass is 10.3. The largest absolute Gasteiger partial charge is 0.481 e. The molecule has 4 nitrogen and oxygen atoms in total. The van der Waals surface area contributed by atoms with Crippen LogP contribution in [0.4, 0.5) is 8.78 Å². The minimum absolute atomic E-state index is 0.172. The summed E-state index contributed by atoms with van der Waals surface area (Å²) in [6.45, 7) is 1.72. The quantitative estimate of drug-likeness (QED) is 0.877. The lowest BCUT2D eigenvalue weighted by Crippen LogP contribution is -2.03. The molecule has 7 heteroatoms. The van der Waals surface area contributed by atoms with Gasteiger partial charge in [-0.25, -0.2) is 13.8 Å². The number of aryl methyl sites for hydroxylation is 1. The average Bonchev–Trinajstić information content (AvgIpc) is 2.66. The van der Waals surface area contributed by atoms with E-state index in [-0.39, 0.29) is 11.4 Å². The van der Waals surface area contributed by atoms with E-state index in [0.29, 0.717) is 10.9 Å². The first-order chi connectivity index (χ1) is 8.97. The number of thioether (sulfide) groups is 1. The molecule has 0 spiro atoms. The van der Waals surface area contributed by atoms with Gasteiger partial charge >= 0.3 is 5.97 Å². The van der Waals surface area contributed by atoms with E-state index < -0.39 is 17.6 Å². The fourth-order valence-electron chi connectivity index (χ4n) is 1.63. The summed E-state index contributed by atoms with van der Waals surface area (Å²) in [7, 11) is 0. The standard InChI is InChI=1S/C12H10F2N2O2S/c1-7-5-15-12(19-6-11(17)18)16(7)10-3-8(13)2-9(14)4-10/h2-5H,6H2,1H3,(H,17,18). The van der Waals surface area contributed by atoms with Gasteiger partial charge in [-0.3, -0.25) is 9.36 Å². The molecule has 0 fully saturated rings. The van der Waals surface area contributed by atoms with E-state index in [1.54, 1.807) is 6.92 Å². The number of aliphatic carboxylic acids is 1. The Morgan fingerprint density at radius 2 is 2.00 bits per heavy atom. The number of carbonyl (C=O) groups is 1. The molecule has 1 N–H and O–H groups in total. The molecule has 0 saturated heterocycles. The number of benzene rings is 1. The van der Waals surface area contributed by atoms with Gasteiger partial charge in [0.1, 0.15) is 11.6 Å².